The van der Waals surface area contributed by atoms with Gasteiger partial charge in [0.15, 0.2) is 0 Å². The van der Waals surface area contributed by atoms with Gasteiger partial charge in [-0.15, -0.1) is 0 Å². The number of aromatic nitrogens is 1. The lowest BCUT2D eigenvalue weighted by molar-refractivity contribution is 0.475. The van der Waals surface area contributed by atoms with E-state index in [0.29, 0.717) is 21.2 Å². The maximum Gasteiger partial charge on any atom is 0.141 e. The van der Waals surface area contributed by atoms with Gasteiger partial charge in [-0.3, -0.25) is 0 Å². The third-order valence-electron chi connectivity index (χ3n) is 2.16. The third-order valence-corrected chi connectivity index (χ3v) is 3.49. The Kier molecular flexibility index (Phi) is 3.69. The number of rotatable bonds is 1. The normalized spacial score (nSPS) is 10.6. The first-order chi connectivity index (χ1) is 8.00. The van der Waals surface area contributed by atoms with Crippen LogP contribution in [0.15, 0.2) is 24.4 Å². The topological polar surface area (TPSA) is 33.1 Å². The quantitative estimate of drug-likeness (QED) is 0.589. The minimum Gasteiger partial charge on any atom is -0.506 e. The number of hydrogen-bond acceptors (Lipinski definition) is 2. The molecule has 0 saturated carbocycles. The largest absolute Gasteiger partial charge is 0.506 e. The average molecular weight is 309 g/mol. The molecule has 2 nitrogen and oxygen atoms in total. The molecule has 0 unspecified atom stereocenters. The molecule has 0 aliphatic rings. The molecular formula is C11H5Cl4NO. The van der Waals surface area contributed by atoms with E-state index in [1.807, 2.05) is 0 Å². The summed E-state index contributed by atoms with van der Waals surface area (Å²) in [5.74, 6) is -0.0690. The fourth-order valence-electron chi connectivity index (χ4n) is 1.40. The van der Waals surface area contributed by atoms with Gasteiger partial charge in [0.1, 0.15) is 10.9 Å². The van der Waals surface area contributed by atoms with Crippen molar-refractivity contribution in [2.45, 2.75) is 0 Å². The van der Waals surface area contributed by atoms with E-state index in [-0.39, 0.29) is 15.9 Å². The summed E-state index contributed by atoms with van der Waals surface area (Å²) >= 11 is 23.8. The van der Waals surface area contributed by atoms with Crippen LogP contribution in [-0.2, 0) is 0 Å². The van der Waals surface area contributed by atoms with Crippen molar-refractivity contribution in [2.75, 3.05) is 0 Å². The van der Waals surface area contributed by atoms with Crippen molar-refractivity contribution >= 4 is 46.4 Å². The molecule has 0 fully saturated rings. The van der Waals surface area contributed by atoms with Crippen LogP contribution in [0.5, 0.6) is 5.75 Å². The predicted octanol–water partition coefficient (Wildman–Crippen LogP) is 5.07. The molecular weight excluding hydrogens is 304 g/mol. The van der Waals surface area contributed by atoms with E-state index in [0.717, 1.165) is 0 Å². The molecule has 6 heteroatoms. The van der Waals surface area contributed by atoms with Crippen LogP contribution in [0.3, 0.4) is 0 Å². The zero-order valence-electron chi connectivity index (χ0n) is 8.22. The summed E-state index contributed by atoms with van der Waals surface area (Å²) in [5.41, 5.74) is 0.824. The highest BCUT2D eigenvalue weighted by atomic mass is 35.5. The first-order valence-corrected chi connectivity index (χ1v) is 6.00. The van der Waals surface area contributed by atoms with Crippen LogP contribution in [0.4, 0.5) is 0 Å². The fourth-order valence-corrected chi connectivity index (χ4v) is 2.29. The highest BCUT2D eigenvalue weighted by Crippen LogP contribution is 2.42. The van der Waals surface area contributed by atoms with Gasteiger partial charge >= 0.3 is 0 Å². The Morgan fingerprint density at radius 3 is 2.35 bits per heavy atom. The van der Waals surface area contributed by atoms with Gasteiger partial charge in [0, 0.05) is 11.1 Å². The van der Waals surface area contributed by atoms with Crippen LogP contribution >= 0.6 is 46.4 Å². The summed E-state index contributed by atoms with van der Waals surface area (Å²) in [4.78, 5) is 3.74. The number of pyridine rings is 1. The molecule has 2 rings (SSSR count). The van der Waals surface area contributed by atoms with Crippen molar-refractivity contribution < 1.29 is 5.11 Å². The van der Waals surface area contributed by atoms with E-state index >= 15 is 0 Å². The van der Waals surface area contributed by atoms with Crippen LogP contribution in [-0.4, -0.2) is 10.1 Å². The van der Waals surface area contributed by atoms with Gasteiger partial charge in [0.05, 0.1) is 21.3 Å². The number of halogens is 4. The van der Waals surface area contributed by atoms with Crippen LogP contribution in [0.25, 0.3) is 11.1 Å². The van der Waals surface area contributed by atoms with Gasteiger partial charge in [0.2, 0.25) is 0 Å². The zero-order valence-corrected chi connectivity index (χ0v) is 11.2. The summed E-state index contributed by atoms with van der Waals surface area (Å²) in [7, 11) is 0. The number of nitrogens with zero attached hydrogens (tertiary/aromatic N) is 1. The molecule has 2 aromatic rings. The average Bonchev–Trinajstić information content (AvgIpc) is 2.29. The van der Waals surface area contributed by atoms with E-state index in [1.54, 1.807) is 12.1 Å². The number of hydrogen-bond donors (Lipinski definition) is 1. The molecule has 0 bridgehead atoms. The van der Waals surface area contributed by atoms with E-state index < -0.39 is 0 Å². The lowest BCUT2D eigenvalue weighted by Gasteiger charge is -2.10. The minimum absolute atomic E-state index is 0.0690. The Hall–Kier alpha value is -0.670. The lowest BCUT2D eigenvalue weighted by Crippen LogP contribution is -1.86. The molecule has 0 aliphatic heterocycles. The molecule has 1 N–H and O–H groups in total. The summed E-state index contributed by atoms with van der Waals surface area (Å²) in [6.45, 7) is 0. The van der Waals surface area contributed by atoms with Gasteiger partial charge in [-0.05, 0) is 18.2 Å². The third kappa shape index (κ3) is 2.45. The van der Waals surface area contributed by atoms with Crippen LogP contribution in [0.2, 0.25) is 20.2 Å². The maximum absolute atomic E-state index is 9.75. The Bertz CT molecular complexity index is 586. The van der Waals surface area contributed by atoms with Crippen molar-refractivity contribution in [3.05, 3.63) is 44.6 Å². The van der Waals surface area contributed by atoms with Crippen molar-refractivity contribution in [1.29, 1.82) is 0 Å². The SMILES string of the molecule is Oc1cnc(Cl)cc1-c1c(Cl)ccc(Cl)c1Cl. The van der Waals surface area contributed by atoms with Gasteiger partial charge < -0.3 is 5.11 Å². The standard InChI is InChI=1S/C11H5Cl4NO/c12-6-1-2-7(13)11(15)10(6)5-3-9(14)16-4-8(5)17/h1-4,17H. The van der Waals surface area contributed by atoms with E-state index in [9.17, 15) is 5.11 Å². The van der Waals surface area contributed by atoms with E-state index in [4.69, 9.17) is 46.4 Å². The minimum atomic E-state index is -0.0690. The molecule has 0 spiro atoms. The molecule has 0 atom stereocenters. The van der Waals surface area contributed by atoms with Crippen LogP contribution in [0.1, 0.15) is 0 Å². The van der Waals surface area contributed by atoms with E-state index in [1.165, 1.54) is 12.3 Å². The smallest absolute Gasteiger partial charge is 0.141 e. The number of aromatic hydroxyl groups is 1. The summed E-state index contributed by atoms with van der Waals surface area (Å²) < 4.78 is 0. The monoisotopic (exact) mass is 307 g/mol. The van der Waals surface area contributed by atoms with Gasteiger partial charge in [0.25, 0.3) is 0 Å². The maximum atomic E-state index is 9.75. The van der Waals surface area contributed by atoms with Crippen LogP contribution < -0.4 is 0 Å². The Morgan fingerprint density at radius 2 is 1.65 bits per heavy atom. The molecule has 1 heterocycles. The second kappa shape index (κ2) is 4.91. The summed E-state index contributed by atoms with van der Waals surface area (Å²) in [6, 6.07) is 4.65. The summed E-state index contributed by atoms with van der Waals surface area (Å²) in [6.07, 6.45) is 1.23. The van der Waals surface area contributed by atoms with Crippen molar-refractivity contribution in [3.63, 3.8) is 0 Å². The second-order valence-electron chi connectivity index (χ2n) is 3.24. The molecule has 0 amide bonds. The summed E-state index contributed by atoms with van der Waals surface area (Å²) in [5, 5.41) is 11.0. The predicted molar refractivity (Wildman–Crippen MR) is 71.4 cm³/mol. The highest BCUT2D eigenvalue weighted by molar-refractivity contribution is 6.46. The number of benzene rings is 1. The van der Waals surface area contributed by atoms with Crippen molar-refractivity contribution in [1.82, 2.24) is 4.98 Å². The Balaban J connectivity index is 2.76. The lowest BCUT2D eigenvalue weighted by atomic mass is 10.1. The molecule has 1 aromatic carbocycles. The molecule has 1 aromatic heterocycles. The van der Waals surface area contributed by atoms with Crippen LogP contribution in [0, 0.1) is 0 Å². The molecule has 17 heavy (non-hydrogen) atoms. The second-order valence-corrected chi connectivity index (χ2v) is 4.82. The van der Waals surface area contributed by atoms with Gasteiger partial charge in [-0.2, -0.15) is 0 Å². The van der Waals surface area contributed by atoms with Gasteiger partial charge in [-0.25, -0.2) is 4.98 Å². The van der Waals surface area contributed by atoms with E-state index in [2.05, 4.69) is 4.98 Å². The Labute approximate surface area is 118 Å². The fraction of sp³-hybridized carbons (Fsp3) is 0. The molecule has 88 valence electrons. The van der Waals surface area contributed by atoms with Gasteiger partial charge in [-0.1, -0.05) is 46.4 Å². The zero-order chi connectivity index (χ0) is 12.6. The molecule has 0 aliphatic carbocycles. The van der Waals surface area contributed by atoms with Crippen molar-refractivity contribution in [3.8, 4) is 16.9 Å². The first kappa shape index (κ1) is 12.8. The molecule has 0 radical (unpaired) electrons. The molecule has 0 saturated heterocycles. The Morgan fingerprint density at radius 1 is 1.00 bits per heavy atom. The first-order valence-electron chi connectivity index (χ1n) is 4.49. The highest BCUT2D eigenvalue weighted by Gasteiger charge is 2.15. The van der Waals surface area contributed by atoms with Crippen molar-refractivity contribution in [2.24, 2.45) is 0 Å².